The Kier molecular flexibility index (Phi) is 6.23. The molecule has 1 aliphatic rings. The predicted octanol–water partition coefficient (Wildman–Crippen LogP) is 2.19. The van der Waals surface area contributed by atoms with Crippen LogP contribution in [-0.4, -0.2) is 32.5 Å². The molecule has 0 spiro atoms. The van der Waals surface area contributed by atoms with Crippen LogP contribution in [0.5, 0.6) is 0 Å². The summed E-state index contributed by atoms with van der Waals surface area (Å²) in [6.45, 7) is 7.08. The number of carbonyl (C=O) groups excluding carboxylic acids is 1. The minimum atomic E-state index is -0.530. The average molecular weight is 229 g/mol. The van der Waals surface area contributed by atoms with E-state index < -0.39 is 6.16 Å². The van der Waals surface area contributed by atoms with E-state index in [0.717, 1.165) is 19.5 Å². The molecule has 1 rings (SSSR count). The van der Waals surface area contributed by atoms with Gasteiger partial charge in [-0.1, -0.05) is 13.8 Å². The molecule has 0 bridgehead atoms. The van der Waals surface area contributed by atoms with Gasteiger partial charge >= 0.3 is 6.16 Å². The monoisotopic (exact) mass is 229 g/mol. The average Bonchev–Trinajstić information content (AvgIpc) is 2.28. The third kappa shape index (κ3) is 5.95. The molecular formula is C12H23NO3. The van der Waals surface area contributed by atoms with Crippen LogP contribution >= 0.6 is 0 Å². The van der Waals surface area contributed by atoms with E-state index in [-0.39, 0.29) is 0 Å². The van der Waals surface area contributed by atoms with Crippen LogP contribution < -0.4 is 5.32 Å². The van der Waals surface area contributed by atoms with Crippen molar-refractivity contribution in [2.45, 2.75) is 33.1 Å². The second-order valence-corrected chi connectivity index (χ2v) is 4.80. The van der Waals surface area contributed by atoms with E-state index in [1.165, 1.54) is 12.8 Å². The standard InChI is InChI=1S/C12H23NO3/c1-10(2)9-16-12(14)15-7-5-11-4-3-6-13-8-11/h10-11,13H,3-9H2,1-2H3. The number of nitrogens with one attached hydrogen (secondary N) is 1. The van der Waals surface area contributed by atoms with Gasteiger partial charge in [-0.15, -0.1) is 0 Å². The van der Waals surface area contributed by atoms with Crippen molar-refractivity contribution in [2.24, 2.45) is 11.8 Å². The zero-order valence-corrected chi connectivity index (χ0v) is 10.3. The highest BCUT2D eigenvalue weighted by Crippen LogP contribution is 2.13. The Hall–Kier alpha value is -0.770. The lowest BCUT2D eigenvalue weighted by atomic mass is 9.97. The molecule has 0 aromatic rings. The predicted molar refractivity (Wildman–Crippen MR) is 62.3 cm³/mol. The van der Waals surface area contributed by atoms with Crippen molar-refractivity contribution in [3.8, 4) is 0 Å². The minimum absolute atomic E-state index is 0.357. The molecule has 4 nitrogen and oxygen atoms in total. The molecule has 1 saturated heterocycles. The quantitative estimate of drug-likeness (QED) is 0.734. The van der Waals surface area contributed by atoms with Gasteiger partial charge in [-0.3, -0.25) is 0 Å². The normalized spacial score (nSPS) is 20.8. The maximum Gasteiger partial charge on any atom is 0.508 e. The molecule has 1 unspecified atom stereocenters. The Morgan fingerprint density at radius 1 is 1.44 bits per heavy atom. The van der Waals surface area contributed by atoms with Crippen molar-refractivity contribution in [3.05, 3.63) is 0 Å². The van der Waals surface area contributed by atoms with Gasteiger partial charge in [-0.25, -0.2) is 4.79 Å². The van der Waals surface area contributed by atoms with Gasteiger partial charge in [0.25, 0.3) is 0 Å². The smallest absolute Gasteiger partial charge is 0.434 e. The van der Waals surface area contributed by atoms with Crippen LogP contribution in [0.2, 0.25) is 0 Å². The molecule has 1 atom stereocenters. The van der Waals surface area contributed by atoms with E-state index in [1.807, 2.05) is 13.8 Å². The topological polar surface area (TPSA) is 47.6 Å². The summed E-state index contributed by atoms with van der Waals surface area (Å²) in [6, 6.07) is 0. The lowest BCUT2D eigenvalue weighted by Crippen LogP contribution is -2.30. The van der Waals surface area contributed by atoms with Crippen LogP contribution in [0.4, 0.5) is 4.79 Å². The maximum absolute atomic E-state index is 11.1. The van der Waals surface area contributed by atoms with E-state index in [9.17, 15) is 4.79 Å². The van der Waals surface area contributed by atoms with Crippen LogP contribution in [0.3, 0.4) is 0 Å². The Morgan fingerprint density at radius 2 is 2.25 bits per heavy atom. The first kappa shape index (κ1) is 13.3. The Bertz CT molecular complexity index is 200. The Labute approximate surface area is 97.7 Å². The zero-order chi connectivity index (χ0) is 11.8. The van der Waals surface area contributed by atoms with Crippen molar-refractivity contribution < 1.29 is 14.3 Å². The Balaban J connectivity index is 1.99. The molecule has 1 N–H and O–H groups in total. The molecular weight excluding hydrogens is 206 g/mol. The SMILES string of the molecule is CC(C)COC(=O)OCCC1CCCNC1. The fraction of sp³-hybridized carbons (Fsp3) is 0.917. The third-order valence-corrected chi connectivity index (χ3v) is 2.68. The minimum Gasteiger partial charge on any atom is -0.434 e. The van der Waals surface area contributed by atoms with Gasteiger partial charge < -0.3 is 14.8 Å². The van der Waals surface area contributed by atoms with E-state index in [1.54, 1.807) is 0 Å². The molecule has 4 heteroatoms. The first-order chi connectivity index (χ1) is 7.68. The van der Waals surface area contributed by atoms with E-state index >= 15 is 0 Å². The van der Waals surface area contributed by atoms with E-state index in [4.69, 9.17) is 9.47 Å². The molecule has 16 heavy (non-hydrogen) atoms. The van der Waals surface area contributed by atoms with Crippen LogP contribution in [-0.2, 0) is 9.47 Å². The fourth-order valence-corrected chi connectivity index (χ4v) is 1.76. The second-order valence-electron chi connectivity index (χ2n) is 4.80. The molecule has 0 aliphatic carbocycles. The van der Waals surface area contributed by atoms with Gasteiger partial charge in [0.05, 0.1) is 13.2 Å². The van der Waals surface area contributed by atoms with Crippen molar-refractivity contribution in [2.75, 3.05) is 26.3 Å². The molecule has 1 aliphatic heterocycles. The zero-order valence-electron chi connectivity index (χ0n) is 10.3. The van der Waals surface area contributed by atoms with Crippen LogP contribution in [0.1, 0.15) is 33.1 Å². The summed E-state index contributed by atoms with van der Waals surface area (Å²) in [4.78, 5) is 11.1. The highest BCUT2D eigenvalue weighted by molar-refractivity contribution is 5.59. The summed E-state index contributed by atoms with van der Waals surface area (Å²) >= 11 is 0. The van der Waals surface area contributed by atoms with E-state index in [2.05, 4.69) is 5.32 Å². The summed E-state index contributed by atoms with van der Waals surface area (Å²) < 4.78 is 9.92. The van der Waals surface area contributed by atoms with Gasteiger partial charge in [0.2, 0.25) is 0 Å². The number of hydrogen-bond donors (Lipinski definition) is 1. The third-order valence-electron chi connectivity index (χ3n) is 2.68. The molecule has 94 valence electrons. The summed E-state index contributed by atoms with van der Waals surface area (Å²) in [5.74, 6) is 1.00. The summed E-state index contributed by atoms with van der Waals surface area (Å²) in [5.41, 5.74) is 0. The van der Waals surface area contributed by atoms with Crippen LogP contribution in [0, 0.1) is 11.8 Å². The van der Waals surface area contributed by atoms with Crippen LogP contribution in [0.15, 0.2) is 0 Å². The largest absolute Gasteiger partial charge is 0.508 e. The number of rotatable bonds is 5. The first-order valence-corrected chi connectivity index (χ1v) is 6.18. The molecule has 0 aromatic heterocycles. The number of ether oxygens (including phenoxy) is 2. The summed E-state index contributed by atoms with van der Waals surface area (Å²) in [7, 11) is 0. The first-order valence-electron chi connectivity index (χ1n) is 6.18. The van der Waals surface area contributed by atoms with Crippen molar-refractivity contribution in [3.63, 3.8) is 0 Å². The highest BCUT2D eigenvalue weighted by Gasteiger charge is 2.13. The van der Waals surface area contributed by atoms with E-state index in [0.29, 0.717) is 25.0 Å². The number of piperidine rings is 1. The molecule has 0 radical (unpaired) electrons. The second kappa shape index (κ2) is 7.49. The van der Waals surface area contributed by atoms with Gasteiger partial charge in [0, 0.05) is 0 Å². The van der Waals surface area contributed by atoms with Gasteiger partial charge in [-0.2, -0.15) is 0 Å². The Morgan fingerprint density at radius 3 is 2.88 bits per heavy atom. The highest BCUT2D eigenvalue weighted by atomic mass is 16.7. The maximum atomic E-state index is 11.1. The molecule has 1 heterocycles. The molecule has 0 amide bonds. The molecule has 0 aromatic carbocycles. The van der Waals surface area contributed by atoms with Gasteiger partial charge in [0.1, 0.15) is 0 Å². The van der Waals surface area contributed by atoms with Crippen molar-refractivity contribution in [1.29, 1.82) is 0 Å². The fourth-order valence-electron chi connectivity index (χ4n) is 1.76. The molecule has 0 saturated carbocycles. The summed E-state index contributed by atoms with van der Waals surface area (Å²) in [5, 5.41) is 3.34. The lowest BCUT2D eigenvalue weighted by Gasteiger charge is -2.22. The summed E-state index contributed by atoms with van der Waals surface area (Å²) in [6.07, 6.45) is 2.86. The number of hydrogen-bond acceptors (Lipinski definition) is 4. The van der Waals surface area contributed by atoms with Gasteiger partial charge in [0.15, 0.2) is 0 Å². The van der Waals surface area contributed by atoms with Crippen molar-refractivity contribution in [1.82, 2.24) is 5.32 Å². The van der Waals surface area contributed by atoms with Crippen molar-refractivity contribution >= 4 is 6.16 Å². The van der Waals surface area contributed by atoms with Gasteiger partial charge in [-0.05, 0) is 44.2 Å². The molecule has 1 fully saturated rings. The van der Waals surface area contributed by atoms with Crippen LogP contribution in [0.25, 0.3) is 0 Å². The number of carbonyl (C=O) groups is 1. The lowest BCUT2D eigenvalue weighted by molar-refractivity contribution is 0.0433.